The van der Waals surface area contributed by atoms with E-state index in [0.29, 0.717) is 16.6 Å². The zero-order chi connectivity index (χ0) is 15.2. The lowest BCUT2D eigenvalue weighted by Crippen LogP contribution is -2.13. The smallest absolute Gasteiger partial charge is 0.251 e. The number of aromatic nitrogens is 3. The highest BCUT2D eigenvalue weighted by Crippen LogP contribution is 2.18. The average Bonchev–Trinajstić information content (AvgIpc) is 2.45. The lowest BCUT2D eigenvalue weighted by atomic mass is 10.2. The molecule has 0 atom stereocenters. The van der Waals surface area contributed by atoms with E-state index in [4.69, 9.17) is 11.1 Å². The third kappa shape index (κ3) is 4.42. The molecule has 0 aliphatic heterocycles. The highest BCUT2D eigenvalue weighted by atomic mass is 32.2. The van der Waals surface area contributed by atoms with Crippen molar-refractivity contribution >= 4 is 17.6 Å². The number of hydrogen-bond acceptors (Lipinski definition) is 5. The second-order valence-electron chi connectivity index (χ2n) is 4.54. The Morgan fingerprint density at radius 3 is 3.00 bits per heavy atom. The van der Waals surface area contributed by atoms with Gasteiger partial charge in [0.25, 0.3) is 5.56 Å². The Balaban J connectivity index is 2.11. The maximum absolute atomic E-state index is 11.6. The Labute approximate surface area is 126 Å². The molecule has 0 saturated carbocycles. The summed E-state index contributed by atoms with van der Waals surface area (Å²) in [5, 5.41) is 7.98. The zero-order valence-electron chi connectivity index (χ0n) is 11.7. The van der Waals surface area contributed by atoms with Crippen LogP contribution in [0.15, 0.2) is 34.3 Å². The first-order valence-electron chi connectivity index (χ1n) is 6.61. The van der Waals surface area contributed by atoms with Crippen molar-refractivity contribution in [2.24, 2.45) is 5.73 Å². The molecule has 110 valence electrons. The van der Waals surface area contributed by atoms with Crippen LogP contribution in [0, 0.1) is 5.41 Å². The number of nitrogen functional groups attached to an aromatic ring is 1. The van der Waals surface area contributed by atoms with Gasteiger partial charge in [-0.25, -0.2) is 4.98 Å². The Kier molecular flexibility index (Phi) is 5.10. The van der Waals surface area contributed by atoms with Crippen molar-refractivity contribution in [1.29, 1.82) is 5.41 Å². The first-order chi connectivity index (χ1) is 10.1. The van der Waals surface area contributed by atoms with Crippen LogP contribution in [-0.2, 0) is 12.2 Å². The minimum atomic E-state index is -0.130. The number of thioether (sulfide) groups is 1. The molecule has 6 nitrogen and oxygen atoms in total. The van der Waals surface area contributed by atoms with E-state index in [1.807, 2.05) is 6.07 Å². The first kappa shape index (κ1) is 15.2. The van der Waals surface area contributed by atoms with Crippen LogP contribution in [0.1, 0.15) is 30.3 Å². The summed E-state index contributed by atoms with van der Waals surface area (Å²) in [6.45, 7) is 2.05. The van der Waals surface area contributed by atoms with Gasteiger partial charge >= 0.3 is 0 Å². The lowest BCUT2D eigenvalue weighted by Gasteiger charge is -2.05. The van der Waals surface area contributed by atoms with Crippen molar-refractivity contribution in [3.8, 4) is 0 Å². The number of amidine groups is 1. The second-order valence-corrected chi connectivity index (χ2v) is 5.51. The van der Waals surface area contributed by atoms with Gasteiger partial charge in [0.15, 0.2) is 5.16 Å². The van der Waals surface area contributed by atoms with Crippen molar-refractivity contribution in [1.82, 2.24) is 15.0 Å². The summed E-state index contributed by atoms with van der Waals surface area (Å²) in [4.78, 5) is 22.7. The van der Waals surface area contributed by atoms with E-state index in [1.165, 1.54) is 17.8 Å². The van der Waals surface area contributed by atoms with Crippen molar-refractivity contribution in [3.05, 3.63) is 51.7 Å². The lowest BCUT2D eigenvalue weighted by molar-refractivity contribution is 0.816. The maximum atomic E-state index is 11.6. The molecule has 0 aliphatic rings. The number of hydrogen-bond donors (Lipinski definition) is 3. The number of nitrogens with two attached hydrogens (primary N) is 1. The van der Waals surface area contributed by atoms with Crippen LogP contribution in [0.2, 0.25) is 0 Å². The van der Waals surface area contributed by atoms with Crippen LogP contribution in [-0.4, -0.2) is 20.8 Å². The normalized spacial score (nSPS) is 10.5. The topological polar surface area (TPSA) is 109 Å². The molecule has 0 spiro atoms. The van der Waals surface area contributed by atoms with Gasteiger partial charge in [0.05, 0.1) is 0 Å². The molecule has 7 heteroatoms. The quantitative estimate of drug-likeness (QED) is 0.326. The van der Waals surface area contributed by atoms with Crippen molar-refractivity contribution < 1.29 is 0 Å². The molecule has 0 aliphatic carbocycles. The number of rotatable bonds is 6. The minimum absolute atomic E-state index is 0.0571. The number of pyridine rings is 1. The number of nitrogens with zero attached hydrogens (tertiary/aromatic N) is 2. The highest BCUT2D eigenvalue weighted by Gasteiger charge is 2.04. The maximum Gasteiger partial charge on any atom is 0.251 e. The summed E-state index contributed by atoms with van der Waals surface area (Å²) in [6.07, 6.45) is 3.37. The standard InChI is InChI=1S/C14H17N5OS/c1-2-3-10-7-12(20)19-14(18-10)21-8-9-4-5-17-11(6-9)13(15)16/h4-7H,2-3,8H2,1H3,(H3,15,16)(H,18,19,20). The van der Waals surface area contributed by atoms with Gasteiger partial charge in [0, 0.05) is 23.7 Å². The summed E-state index contributed by atoms with van der Waals surface area (Å²) in [5.41, 5.74) is 7.52. The van der Waals surface area contributed by atoms with Crippen LogP contribution in [0.4, 0.5) is 0 Å². The monoisotopic (exact) mass is 303 g/mol. The Bertz CT molecular complexity index is 698. The number of H-pyrrole nitrogens is 1. The highest BCUT2D eigenvalue weighted by molar-refractivity contribution is 7.98. The molecule has 0 radical (unpaired) electrons. The van der Waals surface area contributed by atoms with Gasteiger partial charge in [-0.05, 0) is 24.1 Å². The van der Waals surface area contributed by atoms with E-state index in [1.54, 1.807) is 12.3 Å². The average molecular weight is 303 g/mol. The number of aromatic amines is 1. The van der Waals surface area contributed by atoms with Gasteiger partial charge in [0.2, 0.25) is 0 Å². The second kappa shape index (κ2) is 7.03. The van der Waals surface area contributed by atoms with E-state index >= 15 is 0 Å². The molecule has 21 heavy (non-hydrogen) atoms. The molecule has 2 aromatic heterocycles. The zero-order valence-corrected chi connectivity index (χ0v) is 12.5. The van der Waals surface area contributed by atoms with E-state index < -0.39 is 0 Å². The molecule has 0 bridgehead atoms. The van der Waals surface area contributed by atoms with Gasteiger partial charge in [-0.15, -0.1) is 0 Å². The van der Waals surface area contributed by atoms with E-state index in [9.17, 15) is 4.79 Å². The molecule has 4 N–H and O–H groups in total. The molecular weight excluding hydrogens is 286 g/mol. The molecule has 2 heterocycles. The Morgan fingerprint density at radius 2 is 2.29 bits per heavy atom. The molecule has 0 aromatic carbocycles. The van der Waals surface area contributed by atoms with Gasteiger partial charge in [0.1, 0.15) is 11.5 Å². The van der Waals surface area contributed by atoms with Crippen molar-refractivity contribution in [3.63, 3.8) is 0 Å². The van der Waals surface area contributed by atoms with E-state index in [-0.39, 0.29) is 11.4 Å². The molecule has 2 rings (SSSR count). The van der Waals surface area contributed by atoms with Crippen LogP contribution in [0.5, 0.6) is 0 Å². The Morgan fingerprint density at radius 1 is 1.48 bits per heavy atom. The summed E-state index contributed by atoms with van der Waals surface area (Å²) in [5.74, 6) is 0.569. The predicted molar refractivity (Wildman–Crippen MR) is 83.7 cm³/mol. The van der Waals surface area contributed by atoms with Crippen molar-refractivity contribution in [2.45, 2.75) is 30.7 Å². The molecule has 0 saturated heterocycles. The first-order valence-corrected chi connectivity index (χ1v) is 7.59. The summed E-state index contributed by atoms with van der Waals surface area (Å²) in [6, 6.07) is 5.16. The fourth-order valence-corrected chi connectivity index (χ4v) is 2.64. The summed E-state index contributed by atoms with van der Waals surface area (Å²) < 4.78 is 0. The van der Waals surface area contributed by atoms with Gasteiger partial charge in [-0.1, -0.05) is 25.1 Å². The predicted octanol–water partition coefficient (Wildman–Crippen LogP) is 1.69. The number of nitrogens with one attached hydrogen (secondary N) is 2. The van der Waals surface area contributed by atoms with E-state index in [0.717, 1.165) is 24.1 Å². The Hall–Kier alpha value is -2.15. The fourth-order valence-electron chi connectivity index (χ4n) is 1.80. The van der Waals surface area contributed by atoms with Gasteiger partial charge in [-0.3, -0.25) is 15.2 Å². The summed E-state index contributed by atoms with van der Waals surface area (Å²) >= 11 is 1.44. The molecule has 2 aromatic rings. The number of aryl methyl sites for hydroxylation is 1. The molecule has 0 fully saturated rings. The molecule has 0 unspecified atom stereocenters. The van der Waals surface area contributed by atoms with E-state index in [2.05, 4.69) is 21.9 Å². The largest absolute Gasteiger partial charge is 0.382 e. The minimum Gasteiger partial charge on any atom is -0.382 e. The SMILES string of the molecule is CCCc1cc(=O)[nH]c(SCc2ccnc(C(=N)N)c2)n1. The third-order valence-corrected chi connectivity index (χ3v) is 3.70. The van der Waals surface area contributed by atoms with Crippen molar-refractivity contribution in [2.75, 3.05) is 0 Å². The van der Waals surface area contributed by atoms with Crippen LogP contribution in [0.25, 0.3) is 0 Å². The molecule has 0 amide bonds. The fraction of sp³-hybridized carbons (Fsp3) is 0.286. The van der Waals surface area contributed by atoms with Gasteiger partial charge < -0.3 is 10.7 Å². The third-order valence-electron chi connectivity index (χ3n) is 2.75. The summed E-state index contributed by atoms with van der Waals surface area (Å²) in [7, 11) is 0. The van der Waals surface area contributed by atoms with Crippen LogP contribution in [0.3, 0.4) is 0 Å². The van der Waals surface area contributed by atoms with Crippen LogP contribution >= 0.6 is 11.8 Å². The van der Waals surface area contributed by atoms with Gasteiger partial charge in [-0.2, -0.15) is 0 Å². The van der Waals surface area contributed by atoms with Crippen LogP contribution < -0.4 is 11.3 Å². The molecular formula is C14H17N5OS.